The smallest absolute Gasteiger partial charge is 0.254 e. The van der Waals surface area contributed by atoms with Gasteiger partial charge in [-0.25, -0.2) is 0 Å². The number of rotatable bonds is 6. The van der Waals surface area contributed by atoms with Crippen molar-refractivity contribution in [2.75, 3.05) is 0 Å². The Morgan fingerprint density at radius 3 is 1.56 bits per heavy atom. The summed E-state index contributed by atoms with van der Waals surface area (Å²) in [5.74, 6) is -1.04. The van der Waals surface area contributed by atoms with Gasteiger partial charge in [-0.1, -0.05) is 78.9 Å². The molecule has 3 aromatic rings. The molecule has 0 bridgehead atoms. The van der Waals surface area contributed by atoms with Crippen molar-refractivity contribution in [1.82, 2.24) is 0 Å². The first-order valence-electron chi connectivity index (χ1n) is 8.39. The van der Waals surface area contributed by atoms with Crippen LogP contribution in [0.4, 0.5) is 0 Å². The van der Waals surface area contributed by atoms with Crippen molar-refractivity contribution < 1.29 is 9.83 Å². The van der Waals surface area contributed by atoms with Crippen molar-refractivity contribution in [3.63, 3.8) is 0 Å². The molecular weight excluding hydrogens is 344 g/mol. The van der Waals surface area contributed by atoms with Crippen LogP contribution in [0.1, 0.15) is 28.7 Å². The average molecular weight is 361 g/mol. The molecule has 0 heterocycles. The fourth-order valence-corrected chi connectivity index (χ4v) is 3.24. The third-order valence-corrected chi connectivity index (χ3v) is 4.40. The Hall–Kier alpha value is -3.67. The molecule has 136 valence electrons. The number of hydrogen-bond acceptors (Lipinski definition) is 4. The SMILES string of the molecule is O=[N+]([O-])C(c1ccccc1)C(C(c1ccccc1)=[N+]([O-])[O-])c1ccccc1. The molecule has 6 nitrogen and oxygen atoms in total. The van der Waals surface area contributed by atoms with Gasteiger partial charge in [0, 0.05) is 16.1 Å². The predicted octanol–water partition coefficient (Wildman–Crippen LogP) is 4.29. The van der Waals surface area contributed by atoms with Gasteiger partial charge in [0.2, 0.25) is 5.71 Å². The number of benzene rings is 3. The first-order valence-corrected chi connectivity index (χ1v) is 8.39. The van der Waals surface area contributed by atoms with E-state index in [4.69, 9.17) is 0 Å². The molecule has 0 aliphatic carbocycles. The van der Waals surface area contributed by atoms with Crippen molar-refractivity contribution in [3.05, 3.63) is 128 Å². The molecule has 3 rings (SSSR count). The highest BCUT2D eigenvalue weighted by Gasteiger charge is 2.42. The van der Waals surface area contributed by atoms with Gasteiger partial charge in [-0.15, -0.1) is 0 Å². The predicted molar refractivity (Wildman–Crippen MR) is 103 cm³/mol. The molecule has 0 spiro atoms. The summed E-state index contributed by atoms with van der Waals surface area (Å²) in [6.07, 6.45) is 0. The number of nitro groups is 1. The lowest BCUT2D eigenvalue weighted by atomic mass is 9.81. The maximum atomic E-state index is 12.0. The van der Waals surface area contributed by atoms with E-state index in [9.17, 15) is 20.5 Å². The van der Waals surface area contributed by atoms with E-state index in [1.807, 2.05) is 0 Å². The largest absolute Gasteiger partial charge is 0.612 e. The molecule has 2 atom stereocenters. The first-order chi connectivity index (χ1) is 13.1. The van der Waals surface area contributed by atoms with Crippen LogP contribution in [0.3, 0.4) is 0 Å². The van der Waals surface area contributed by atoms with E-state index in [1.165, 1.54) is 0 Å². The Labute approximate surface area is 156 Å². The number of hydrogen-bond donors (Lipinski definition) is 0. The summed E-state index contributed by atoms with van der Waals surface area (Å²) >= 11 is 0. The molecule has 27 heavy (non-hydrogen) atoms. The number of nitrogens with zero attached hydrogens (tertiary/aromatic N) is 2. The average Bonchev–Trinajstić information content (AvgIpc) is 2.69. The van der Waals surface area contributed by atoms with Crippen molar-refractivity contribution in [2.45, 2.75) is 12.0 Å². The minimum Gasteiger partial charge on any atom is -0.612 e. The van der Waals surface area contributed by atoms with Crippen LogP contribution >= 0.6 is 0 Å². The zero-order chi connectivity index (χ0) is 19.2. The highest BCUT2D eigenvalue weighted by molar-refractivity contribution is 6.02. The fraction of sp³-hybridized carbons (Fsp3) is 0.0952. The van der Waals surface area contributed by atoms with Crippen molar-refractivity contribution in [2.24, 2.45) is 0 Å². The highest BCUT2D eigenvalue weighted by atomic mass is 16.8. The lowest BCUT2D eigenvalue weighted by Gasteiger charge is -2.24. The maximum Gasteiger partial charge on any atom is 0.254 e. The van der Waals surface area contributed by atoms with E-state index in [0.29, 0.717) is 16.7 Å². The molecule has 0 aliphatic rings. The Bertz CT molecular complexity index is 924. The van der Waals surface area contributed by atoms with Gasteiger partial charge in [-0.3, -0.25) is 10.1 Å². The molecule has 0 saturated carbocycles. The molecule has 0 saturated heterocycles. The normalized spacial score (nSPS) is 12.7. The summed E-state index contributed by atoms with van der Waals surface area (Å²) in [7, 11) is 0. The Morgan fingerprint density at radius 1 is 0.667 bits per heavy atom. The van der Waals surface area contributed by atoms with E-state index >= 15 is 0 Å². The molecule has 0 amide bonds. The standard InChI is InChI=1S/C21H17N2O4/c24-22(25)20(17-12-6-2-7-13-17)19(16-10-4-1-5-11-16)21(23(26)27)18-14-8-3-9-15-18/h1-15,19-20H/q-1. The molecule has 6 heteroatoms. The van der Waals surface area contributed by atoms with Crippen LogP contribution < -0.4 is 0 Å². The van der Waals surface area contributed by atoms with Crippen LogP contribution in [0.5, 0.6) is 0 Å². The monoisotopic (exact) mass is 361 g/mol. The third-order valence-electron chi connectivity index (χ3n) is 4.40. The minimum atomic E-state index is -1.28. The molecule has 0 aromatic heterocycles. The molecule has 0 aliphatic heterocycles. The van der Waals surface area contributed by atoms with Crippen LogP contribution in [-0.2, 0) is 0 Å². The maximum absolute atomic E-state index is 12.0. The molecule has 0 N–H and O–H groups in total. The van der Waals surface area contributed by atoms with E-state index in [0.717, 1.165) is 0 Å². The Balaban J connectivity index is 2.25. The summed E-state index contributed by atoms with van der Waals surface area (Å²) in [5, 5.41) is 36.1. The fourth-order valence-electron chi connectivity index (χ4n) is 3.24. The van der Waals surface area contributed by atoms with Crippen LogP contribution in [0.15, 0.2) is 91.0 Å². The van der Waals surface area contributed by atoms with E-state index in [-0.39, 0.29) is 5.71 Å². The molecule has 0 radical (unpaired) electrons. The van der Waals surface area contributed by atoms with Gasteiger partial charge in [0.1, 0.15) is 5.92 Å². The zero-order valence-electron chi connectivity index (χ0n) is 14.3. The van der Waals surface area contributed by atoms with Crippen molar-refractivity contribution in [1.29, 1.82) is 0 Å². The summed E-state index contributed by atoms with van der Waals surface area (Å²) in [6.45, 7) is 0. The second kappa shape index (κ2) is 8.14. The Morgan fingerprint density at radius 2 is 1.11 bits per heavy atom. The summed E-state index contributed by atoms with van der Waals surface area (Å²) in [5.41, 5.74) is 1.12. The molecular formula is C21H17N2O4-. The van der Waals surface area contributed by atoms with Crippen LogP contribution in [0.2, 0.25) is 0 Å². The van der Waals surface area contributed by atoms with Crippen molar-refractivity contribution >= 4 is 5.71 Å². The van der Waals surface area contributed by atoms with Gasteiger partial charge in [0.15, 0.2) is 0 Å². The zero-order valence-corrected chi connectivity index (χ0v) is 14.3. The van der Waals surface area contributed by atoms with Crippen LogP contribution in [0, 0.1) is 20.5 Å². The summed E-state index contributed by atoms with van der Waals surface area (Å²) in [6, 6.07) is 24.1. The molecule has 0 fully saturated rings. The quantitative estimate of drug-likeness (QED) is 0.283. The van der Waals surface area contributed by atoms with Gasteiger partial charge in [0.05, 0.1) is 0 Å². The van der Waals surface area contributed by atoms with Gasteiger partial charge in [-0.2, -0.15) is 4.90 Å². The van der Waals surface area contributed by atoms with Crippen LogP contribution in [-0.4, -0.2) is 15.5 Å². The second-order valence-corrected chi connectivity index (χ2v) is 6.04. The van der Waals surface area contributed by atoms with Crippen LogP contribution in [0.25, 0.3) is 0 Å². The topological polar surface area (TPSA) is 92.3 Å². The Kier molecular flexibility index (Phi) is 5.47. The molecule has 2 unspecified atom stereocenters. The van der Waals surface area contributed by atoms with Gasteiger partial charge >= 0.3 is 0 Å². The van der Waals surface area contributed by atoms with E-state index < -0.39 is 21.8 Å². The lowest BCUT2D eigenvalue weighted by molar-refractivity contribution is -0.532. The lowest BCUT2D eigenvalue weighted by Crippen LogP contribution is -2.30. The van der Waals surface area contributed by atoms with E-state index in [2.05, 4.69) is 0 Å². The van der Waals surface area contributed by atoms with Gasteiger partial charge in [0.25, 0.3) is 6.04 Å². The third kappa shape index (κ3) is 3.95. The van der Waals surface area contributed by atoms with Gasteiger partial charge in [-0.05, 0) is 17.7 Å². The second-order valence-electron chi connectivity index (χ2n) is 6.04. The summed E-state index contributed by atoms with van der Waals surface area (Å²) in [4.78, 5) is 11.1. The molecule has 3 aromatic carbocycles. The summed E-state index contributed by atoms with van der Waals surface area (Å²) < 4.78 is 0. The first kappa shape index (κ1) is 18.1. The minimum absolute atomic E-state index is 0.188. The highest BCUT2D eigenvalue weighted by Crippen LogP contribution is 2.36. The van der Waals surface area contributed by atoms with E-state index in [1.54, 1.807) is 91.0 Å². The van der Waals surface area contributed by atoms with Crippen molar-refractivity contribution in [3.8, 4) is 0 Å². The van der Waals surface area contributed by atoms with Gasteiger partial charge < -0.3 is 10.4 Å².